The van der Waals surface area contributed by atoms with Crippen LogP contribution in [0.2, 0.25) is 0 Å². The van der Waals surface area contributed by atoms with Crippen LogP contribution in [0.15, 0.2) is 10.5 Å². The molecule has 0 heterocycles. The molecule has 14 heavy (non-hydrogen) atoms. The van der Waals surface area contributed by atoms with Crippen molar-refractivity contribution < 1.29 is 14.6 Å². The number of methoxy groups -OCH3 is 2. The maximum absolute atomic E-state index is 9.77. The Balaban J connectivity index is 3.39. The Labute approximate surface area is 90.8 Å². The summed E-state index contributed by atoms with van der Waals surface area (Å²) in [5.41, 5.74) is 6.08. The minimum atomic E-state index is 0.0150. The maximum atomic E-state index is 9.77. The Hall–Kier alpha value is -0.940. The molecule has 0 aliphatic rings. The van der Waals surface area contributed by atoms with Crippen LogP contribution in [-0.2, 0) is 6.54 Å². The van der Waals surface area contributed by atoms with Crippen LogP contribution in [0, 0.1) is 0 Å². The highest BCUT2D eigenvalue weighted by molar-refractivity contribution is 9.10. The van der Waals surface area contributed by atoms with Crippen molar-refractivity contribution in [2.45, 2.75) is 6.54 Å². The first-order chi connectivity index (χ1) is 6.65. The van der Waals surface area contributed by atoms with Gasteiger partial charge in [-0.25, -0.2) is 0 Å². The molecule has 0 saturated heterocycles. The lowest BCUT2D eigenvalue weighted by atomic mass is 10.1. The van der Waals surface area contributed by atoms with Crippen LogP contribution in [0.3, 0.4) is 0 Å². The van der Waals surface area contributed by atoms with Gasteiger partial charge in [0.2, 0.25) is 5.75 Å². The molecule has 1 aromatic carbocycles. The summed E-state index contributed by atoms with van der Waals surface area (Å²) in [7, 11) is 2.97. The number of rotatable bonds is 3. The molecule has 0 fully saturated rings. The molecule has 0 unspecified atom stereocenters. The third-order valence-corrected chi connectivity index (χ3v) is 2.61. The van der Waals surface area contributed by atoms with Crippen LogP contribution in [0.4, 0.5) is 0 Å². The Bertz CT molecular complexity index is 341. The summed E-state index contributed by atoms with van der Waals surface area (Å²) in [4.78, 5) is 0. The summed E-state index contributed by atoms with van der Waals surface area (Å²) < 4.78 is 10.8. The standard InChI is InChI=1S/C9H12BrNO3/c1-13-7-3-6(10)5(4-11)8(12)9(7)14-2/h3,12H,4,11H2,1-2H3. The van der Waals surface area contributed by atoms with E-state index in [0.717, 1.165) is 0 Å². The topological polar surface area (TPSA) is 64.7 Å². The lowest BCUT2D eigenvalue weighted by Gasteiger charge is -2.13. The normalized spacial score (nSPS) is 10.0. The van der Waals surface area contributed by atoms with Gasteiger partial charge in [-0.3, -0.25) is 0 Å². The fraction of sp³-hybridized carbons (Fsp3) is 0.333. The molecule has 5 heteroatoms. The van der Waals surface area contributed by atoms with Crippen LogP contribution < -0.4 is 15.2 Å². The van der Waals surface area contributed by atoms with Crippen molar-refractivity contribution in [3.63, 3.8) is 0 Å². The zero-order valence-electron chi connectivity index (χ0n) is 8.00. The molecule has 0 radical (unpaired) electrons. The number of hydrogen-bond acceptors (Lipinski definition) is 4. The Morgan fingerprint density at radius 2 is 2.07 bits per heavy atom. The van der Waals surface area contributed by atoms with Gasteiger partial charge in [-0.15, -0.1) is 0 Å². The van der Waals surface area contributed by atoms with Crippen molar-refractivity contribution in [3.05, 3.63) is 16.1 Å². The molecule has 0 bridgehead atoms. The third-order valence-electron chi connectivity index (χ3n) is 1.90. The summed E-state index contributed by atoms with van der Waals surface area (Å²) in [6.45, 7) is 0.229. The molecule has 0 spiro atoms. The highest BCUT2D eigenvalue weighted by Crippen LogP contribution is 2.42. The number of hydrogen-bond donors (Lipinski definition) is 2. The maximum Gasteiger partial charge on any atom is 0.203 e. The van der Waals surface area contributed by atoms with E-state index in [9.17, 15) is 5.11 Å². The molecule has 0 aromatic heterocycles. The van der Waals surface area contributed by atoms with E-state index in [2.05, 4.69) is 15.9 Å². The van der Waals surface area contributed by atoms with Crippen molar-refractivity contribution in [2.24, 2.45) is 5.73 Å². The Kier molecular flexibility index (Phi) is 3.60. The van der Waals surface area contributed by atoms with Crippen LogP contribution >= 0.6 is 15.9 Å². The van der Waals surface area contributed by atoms with E-state index in [-0.39, 0.29) is 12.3 Å². The number of aromatic hydroxyl groups is 1. The van der Waals surface area contributed by atoms with Gasteiger partial charge < -0.3 is 20.3 Å². The zero-order chi connectivity index (χ0) is 10.7. The first kappa shape index (κ1) is 11.1. The first-order valence-electron chi connectivity index (χ1n) is 3.98. The predicted molar refractivity (Wildman–Crippen MR) is 56.8 cm³/mol. The van der Waals surface area contributed by atoms with E-state index in [1.807, 2.05) is 0 Å². The van der Waals surface area contributed by atoms with Gasteiger partial charge in [-0.05, 0) is 6.07 Å². The van der Waals surface area contributed by atoms with E-state index in [0.29, 0.717) is 21.5 Å². The number of ether oxygens (including phenoxy) is 2. The molecule has 4 nitrogen and oxygen atoms in total. The molecule has 3 N–H and O–H groups in total. The van der Waals surface area contributed by atoms with E-state index in [1.54, 1.807) is 6.07 Å². The van der Waals surface area contributed by atoms with Crippen molar-refractivity contribution in [3.8, 4) is 17.2 Å². The summed E-state index contributed by atoms with van der Waals surface area (Å²) in [6.07, 6.45) is 0. The number of phenols is 1. The molecular weight excluding hydrogens is 250 g/mol. The molecule has 1 aromatic rings. The van der Waals surface area contributed by atoms with Gasteiger partial charge in [0.15, 0.2) is 11.5 Å². The van der Waals surface area contributed by atoms with Gasteiger partial charge in [-0.1, -0.05) is 15.9 Å². The largest absolute Gasteiger partial charge is 0.504 e. The molecule has 1 rings (SSSR count). The second-order valence-electron chi connectivity index (χ2n) is 2.63. The van der Waals surface area contributed by atoms with Crippen molar-refractivity contribution in [2.75, 3.05) is 14.2 Å². The molecular formula is C9H12BrNO3. The lowest BCUT2D eigenvalue weighted by molar-refractivity contribution is 0.331. The number of halogens is 1. The lowest BCUT2D eigenvalue weighted by Crippen LogP contribution is -2.01. The van der Waals surface area contributed by atoms with Crippen LogP contribution in [0.1, 0.15) is 5.56 Å². The predicted octanol–water partition coefficient (Wildman–Crippen LogP) is 1.63. The van der Waals surface area contributed by atoms with Crippen molar-refractivity contribution in [1.29, 1.82) is 0 Å². The first-order valence-corrected chi connectivity index (χ1v) is 4.77. The van der Waals surface area contributed by atoms with Gasteiger partial charge in [0.1, 0.15) is 0 Å². The second-order valence-corrected chi connectivity index (χ2v) is 3.48. The highest BCUT2D eigenvalue weighted by atomic mass is 79.9. The second kappa shape index (κ2) is 4.52. The van der Waals surface area contributed by atoms with Gasteiger partial charge in [0, 0.05) is 16.6 Å². The van der Waals surface area contributed by atoms with E-state index >= 15 is 0 Å². The summed E-state index contributed by atoms with van der Waals surface area (Å²) in [6, 6.07) is 1.71. The average molecular weight is 262 g/mol. The molecule has 0 aliphatic heterocycles. The van der Waals surface area contributed by atoms with E-state index < -0.39 is 0 Å². The summed E-state index contributed by atoms with van der Waals surface area (Å²) in [5.74, 6) is 0.784. The third kappa shape index (κ3) is 1.78. The summed E-state index contributed by atoms with van der Waals surface area (Å²) in [5, 5.41) is 9.77. The van der Waals surface area contributed by atoms with Crippen molar-refractivity contribution >= 4 is 15.9 Å². The van der Waals surface area contributed by atoms with Gasteiger partial charge in [0.05, 0.1) is 14.2 Å². The van der Waals surface area contributed by atoms with Gasteiger partial charge >= 0.3 is 0 Å². The number of phenolic OH excluding ortho intramolecular Hbond substituents is 1. The molecule has 78 valence electrons. The monoisotopic (exact) mass is 261 g/mol. The summed E-state index contributed by atoms with van der Waals surface area (Å²) >= 11 is 3.29. The molecule has 0 atom stereocenters. The molecule has 0 amide bonds. The highest BCUT2D eigenvalue weighted by Gasteiger charge is 2.16. The van der Waals surface area contributed by atoms with Gasteiger partial charge in [-0.2, -0.15) is 0 Å². The van der Waals surface area contributed by atoms with Crippen LogP contribution in [0.25, 0.3) is 0 Å². The Morgan fingerprint density at radius 3 is 2.50 bits per heavy atom. The number of benzene rings is 1. The minimum absolute atomic E-state index is 0.0150. The minimum Gasteiger partial charge on any atom is -0.504 e. The molecule has 0 aliphatic carbocycles. The number of nitrogens with two attached hydrogens (primary N) is 1. The SMILES string of the molecule is COc1cc(Br)c(CN)c(O)c1OC. The van der Waals surface area contributed by atoms with Crippen LogP contribution in [0.5, 0.6) is 17.2 Å². The fourth-order valence-corrected chi connectivity index (χ4v) is 1.74. The zero-order valence-corrected chi connectivity index (χ0v) is 9.59. The molecule has 0 saturated carbocycles. The Morgan fingerprint density at radius 1 is 1.43 bits per heavy atom. The fourth-order valence-electron chi connectivity index (χ4n) is 1.18. The van der Waals surface area contributed by atoms with Crippen LogP contribution in [-0.4, -0.2) is 19.3 Å². The van der Waals surface area contributed by atoms with E-state index in [4.69, 9.17) is 15.2 Å². The van der Waals surface area contributed by atoms with Crippen molar-refractivity contribution in [1.82, 2.24) is 0 Å². The smallest absolute Gasteiger partial charge is 0.203 e. The average Bonchev–Trinajstić information content (AvgIpc) is 2.17. The van der Waals surface area contributed by atoms with E-state index in [1.165, 1.54) is 14.2 Å². The van der Waals surface area contributed by atoms with Gasteiger partial charge in [0.25, 0.3) is 0 Å². The quantitative estimate of drug-likeness (QED) is 0.868.